The quantitative estimate of drug-likeness (QED) is 0.725. The molecule has 0 fully saturated rings. The normalized spacial score (nSPS) is 10.6. The summed E-state index contributed by atoms with van der Waals surface area (Å²) in [7, 11) is 0. The van der Waals surface area contributed by atoms with Crippen LogP contribution in [0.2, 0.25) is 0 Å². The Morgan fingerprint density at radius 2 is 2.21 bits per heavy atom. The van der Waals surface area contributed by atoms with E-state index >= 15 is 0 Å². The van der Waals surface area contributed by atoms with Gasteiger partial charge in [0.05, 0.1) is 5.69 Å². The fraction of sp³-hybridized carbons (Fsp3) is 0.600. The maximum absolute atomic E-state index is 11.9. The first-order chi connectivity index (χ1) is 9.26. The summed E-state index contributed by atoms with van der Waals surface area (Å²) in [6, 6.07) is 0. The van der Waals surface area contributed by atoms with Gasteiger partial charge in [0, 0.05) is 6.54 Å². The van der Waals surface area contributed by atoms with E-state index in [1.807, 2.05) is 13.8 Å². The van der Waals surface area contributed by atoms with Gasteiger partial charge in [0.25, 0.3) is 0 Å². The third kappa shape index (κ3) is 3.11. The van der Waals surface area contributed by atoms with E-state index < -0.39 is 5.97 Å². The number of esters is 1. The lowest BCUT2D eigenvalue weighted by molar-refractivity contribution is 0.0460. The van der Waals surface area contributed by atoms with Crippen LogP contribution in [0.15, 0.2) is 0 Å². The number of aryl methyl sites for hydroxylation is 2. The highest BCUT2D eigenvalue weighted by Gasteiger charge is 2.17. The second kappa shape index (κ2) is 6.32. The average molecular weight is 282 g/mol. The summed E-state index contributed by atoms with van der Waals surface area (Å²) in [5, 5.41) is 15.1. The molecule has 0 aromatic carbocycles. The van der Waals surface area contributed by atoms with Crippen LogP contribution in [0.25, 0.3) is 0 Å². The SMILES string of the molecule is CCCn1nnnc1COC(=O)c1snnc1CC. The largest absolute Gasteiger partial charge is 0.453 e. The summed E-state index contributed by atoms with van der Waals surface area (Å²) in [6.45, 7) is 4.68. The van der Waals surface area contributed by atoms with Crippen LogP contribution in [-0.4, -0.2) is 35.8 Å². The Morgan fingerprint density at radius 1 is 1.37 bits per heavy atom. The van der Waals surface area contributed by atoms with Crippen molar-refractivity contribution in [2.45, 2.75) is 39.8 Å². The van der Waals surface area contributed by atoms with Crippen molar-refractivity contribution < 1.29 is 9.53 Å². The lowest BCUT2D eigenvalue weighted by Gasteiger charge is -2.04. The molecule has 0 spiro atoms. The molecule has 0 amide bonds. The first kappa shape index (κ1) is 13.5. The lowest BCUT2D eigenvalue weighted by atomic mass is 10.3. The van der Waals surface area contributed by atoms with E-state index in [9.17, 15) is 4.79 Å². The van der Waals surface area contributed by atoms with Crippen LogP contribution in [0, 0.1) is 0 Å². The summed E-state index contributed by atoms with van der Waals surface area (Å²) < 4.78 is 10.6. The van der Waals surface area contributed by atoms with Crippen molar-refractivity contribution in [3.05, 3.63) is 16.4 Å². The molecule has 0 unspecified atom stereocenters. The molecule has 0 atom stereocenters. The molecule has 0 radical (unpaired) electrons. The molecule has 0 aliphatic carbocycles. The van der Waals surface area contributed by atoms with Gasteiger partial charge in [0.1, 0.15) is 0 Å². The smallest absolute Gasteiger partial charge is 0.352 e. The molecular formula is C10H14N6O2S. The van der Waals surface area contributed by atoms with E-state index in [1.165, 1.54) is 0 Å². The zero-order valence-corrected chi connectivity index (χ0v) is 11.6. The van der Waals surface area contributed by atoms with E-state index in [0.717, 1.165) is 18.0 Å². The van der Waals surface area contributed by atoms with Crippen LogP contribution in [-0.2, 0) is 24.3 Å². The van der Waals surface area contributed by atoms with Crippen LogP contribution >= 0.6 is 11.5 Å². The van der Waals surface area contributed by atoms with Crippen LogP contribution in [0.1, 0.15) is 41.5 Å². The standard InChI is InChI=1S/C10H14N6O2S/c1-3-5-16-8(12-13-14-16)6-18-10(17)9-7(4-2)11-15-19-9/h3-6H2,1-2H3. The third-order valence-electron chi connectivity index (χ3n) is 2.45. The van der Waals surface area contributed by atoms with E-state index in [1.54, 1.807) is 4.68 Å². The maximum atomic E-state index is 11.9. The van der Waals surface area contributed by atoms with Gasteiger partial charge >= 0.3 is 5.97 Å². The van der Waals surface area contributed by atoms with Crippen molar-refractivity contribution in [3.63, 3.8) is 0 Å². The molecule has 0 bridgehead atoms. The molecule has 0 saturated carbocycles. The summed E-state index contributed by atoms with van der Waals surface area (Å²) in [6.07, 6.45) is 1.55. The van der Waals surface area contributed by atoms with Gasteiger partial charge in [-0.25, -0.2) is 9.48 Å². The number of ether oxygens (including phenoxy) is 1. The van der Waals surface area contributed by atoms with Crippen molar-refractivity contribution in [3.8, 4) is 0 Å². The predicted octanol–water partition coefficient (Wildman–Crippen LogP) is 0.854. The Balaban J connectivity index is 1.98. The summed E-state index contributed by atoms with van der Waals surface area (Å²) in [5.74, 6) is 0.101. The van der Waals surface area contributed by atoms with E-state index in [2.05, 4.69) is 25.1 Å². The van der Waals surface area contributed by atoms with Gasteiger partial charge in [0.2, 0.25) is 0 Å². The number of nitrogens with zero attached hydrogens (tertiary/aromatic N) is 6. The topological polar surface area (TPSA) is 95.7 Å². The molecule has 0 aliphatic rings. The Hall–Kier alpha value is -1.90. The van der Waals surface area contributed by atoms with Crippen LogP contribution in [0.3, 0.4) is 0 Å². The van der Waals surface area contributed by atoms with Gasteiger partial charge in [-0.05, 0) is 34.8 Å². The molecule has 2 aromatic rings. The fourth-order valence-electron chi connectivity index (χ4n) is 1.50. The van der Waals surface area contributed by atoms with Crippen molar-refractivity contribution in [2.75, 3.05) is 0 Å². The Morgan fingerprint density at radius 3 is 2.95 bits per heavy atom. The minimum Gasteiger partial charge on any atom is -0.453 e. The first-order valence-corrected chi connectivity index (χ1v) is 6.77. The van der Waals surface area contributed by atoms with Crippen molar-refractivity contribution in [1.29, 1.82) is 0 Å². The lowest BCUT2D eigenvalue weighted by Crippen LogP contribution is -2.11. The number of rotatable bonds is 6. The van der Waals surface area contributed by atoms with Gasteiger partial charge in [0.15, 0.2) is 17.3 Å². The molecule has 102 valence electrons. The second-order valence-corrected chi connectivity index (χ2v) is 4.55. The van der Waals surface area contributed by atoms with Crippen molar-refractivity contribution in [1.82, 2.24) is 29.8 Å². The molecule has 8 nitrogen and oxygen atoms in total. The Bertz CT molecular complexity index is 552. The zero-order valence-electron chi connectivity index (χ0n) is 10.7. The van der Waals surface area contributed by atoms with Gasteiger partial charge in [-0.3, -0.25) is 0 Å². The molecule has 19 heavy (non-hydrogen) atoms. The molecule has 2 aromatic heterocycles. The van der Waals surface area contributed by atoms with Crippen molar-refractivity contribution in [2.24, 2.45) is 0 Å². The maximum Gasteiger partial charge on any atom is 0.352 e. The number of aromatic nitrogens is 6. The molecule has 0 aliphatic heterocycles. The van der Waals surface area contributed by atoms with E-state index in [4.69, 9.17) is 4.74 Å². The van der Waals surface area contributed by atoms with Gasteiger partial charge in [-0.1, -0.05) is 18.3 Å². The number of hydrogen-bond donors (Lipinski definition) is 0. The van der Waals surface area contributed by atoms with E-state index in [-0.39, 0.29) is 6.61 Å². The molecule has 9 heteroatoms. The highest BCUT2D eigenvalue weighted by Crippen LogP contribution is 2.13. The monoisotopic (exact) mass is 282 g/mol. The van der Waals surface area contributed by atoms with Crippen molar-refractivity contribution >= 4 is 17.5 Å². The molecular weight excluding hydrogens is 268 g/mol. The van der Waals surface area contributed by atoms with E-state index in [0.29, 0.717) is 29.4 Å². The zero-order chi connectivity index (χ0) is 13.7. The summed E-state index contributed by atoms with van der Waals surface area (Å²) in [4.78, 5) is 12.3. The number of tetrazole rings is 1. The third-order valence-corrected chi connectivity index (χ3v) is 3.20. The molecule has 2 rings (SSSR count). The molecule has 0 N–H and O–H groups in total. The van der Waals surface area contributed by atoms with Crippen LogP contribution in [0.5, 0.6) is 0 Å². The Kier molecular flexibility index (Phi) is 4.50. The first-order valence-electron chi connectivity index (χ1n) is 5.99. The summed E-state index contributed by atoms with van der Waals surface area (Å²) >= 11 is 1.04. The Labute approximate surface area is 113 Å². The minimum absolute atomic E-state index is 0.0485. The van der Waals surface area contributed by atoms with Gasteiger partial charge < -0.3 is 4.74 Å². The van der Waals surface area contributed by atoms with Gasteiger partial charge in [-0.15, -0.1) is 10.2 Å². The number of carbonyl (C=O) groups is 1. The van der Waals surface area contributed by atoms with Gasteiger partial charge in [-0.2, -0.15) is 0 Å². The molecule has 0 saturated heterocycles. The van der Waals surface area contributed by atoms with Crippen LogP contribution < -0.4 is 0 Å². The highest BCUT2D eigenvalue weighted by molar-refractivity contribution is 7.07. The summed E-state index contributed by atoms with van der Waals surface area (Å²) in [5.41, 5.74) is 0.656. The molecule has 2 heterocycles. The predicted molar refractivity (Wildman–Crippen MR) is 66.5 cm³/mol. The fourth-order valence-corrected chi connectivity index (χ4v) is 2.15. The number of hydrogen-bond acceptors (Lipinski definition) is 8. The average Bonchev–Trinajstić information content (AvgIpc) is 3.05. The second-order valence-electron chi connectivity index (χ2n) is 3.80. The minimum atomic E-state index is -0.433. The number of carbonyl (C=O) groups excluding carboxylic acids is 1. The highest BCUT2D eigenvalue weighted by atomic mass is 32.1. The van der Waals surface area contributed by atoms with Crippen LogP contribution in [0.4, 0.5) is 0 Å².